The van der Waals surface area contributed by atoms with Gasteiger partial charge in [-0.05, 0) is 18.1 Å². The Morgan fingerprint density at radius 1 is 1.50 bits per heavy atom. The minimum atomic E-state index is -1.78. The molecule has 0 bridgehead atoms. The number of amides is 1. The van der Waals surface area contributed by atoms with E-state index in [1.165, 1.54) is 4.90 Å². The SMILES string of the molecule is CC(C)(C)[Si](C)(C)OCC1CN(C(=O)O)CCO1. The molecule has 1 saturated heterocycles. The van der Waals surface area contributed by atoms with Gasteiger partial charge in [-0.1, -0.05) is 20.8 Å². The third-order valence-electron chi connectivity index (χ3n) is 3.85. The Hall–Kier alpha value is -0.593. The van der Waals surface area contributed by atoms with Gasteiger partial charge in [0.2, 0.25) is 0 Å². The highest BCUT2D eigenvalue weighted by molar-refractivity contribution is 6.74. The minimum Gasteiger partial charge on any atom is -0.465 e. The van der Waals surface area contributed by atoms with Gasteiger partial charge in [-0.15, -0.1) is 0 Å². The molecule has 0 aliphatic carbocycles. The fraction of sp³-hybridized carbons (Fsp3) is 0.917. The second kappa shape index (κ2) is 5.58. The minimum absolute atomic E-state index is 0.135. The maximum Gasteiger partial charge on any atom is 0.407 e. The van der Waals surface area contributed by atoms with Crippen molar-refractivity contribution in [1.82, 2.24) is 4.90 Å². The lowest BCUT2D eigenvalue weighted by Gasteiger charge is -2.38. The molecule has 1 heterocycles. The van der Waals surface area contributed by atoms with Crippen LogP contribution in [0.2, 0.25) is 18.1 Å². The van der Waals surface area contributed by atoms with Crippen molar-refractivity contribution in [2.45, 2.75) is 45.0 Å². The maximum absolute atomic E-state index is 10.9. The largest absolute Gasteiger partial charge is 0.465 e. The van der Waals surface area contributed by atoms with Crippen molar-refractivity contribution >= 4 is 14.4 Å². The molecule has 0 radical (unpaired) electrons. The van der Waals surface area contributed by atoms with Crippen LogP contribution in [-0.4, -0.2) is 56.8 Å². The highest BCUT2D eigenvalue weighted by Gasteiger charge is 2.38. The molecule has 1 aliphatic heterocycles. The second-order valence-electron chi connectivity index (χ2n) is 6.29. The number of morpholine rings is 1. The van der Waals surface area contributed by atoms with Crippen molar-refractivity contribution in [1.29, 1.82) is 0 Å². The Kier molecular flexibility index (Phi) is 4.80. The van der Waals surface area contributed by atoms with Crippen molar-refractivity contribution < 1.29 is 19.1 Å². The van der Waals surface area contributed by atoms with E-state index in [1.807, 2.05) is 0 Å². The van der Waals surface area contributed by atoms with Gasteiger partial charge < -0.3 is 19.2 Å². The van der Waals surface area contributed by atoms with Crippen LogP contribution < -0.4 is 0 Å². The zero-order valence-corrected chi connectivity index (χ0v) is 13.0. The Bertz CT molecular complexity index is 301. The van der Waals surface area contributed by atoms with E-state index in [9.17, 15) is 4.79 Å². The van der Waals surface area contributed by atoms with Gasteiger partial charge in [-0.3, -0.25) is 0 Å². The standard InChI is InChI=1S/C12H25NO4Si/c1-12(2,3)18(4,5)17-9-10-8-13(11(14)15)6-7-16-10/h10H,6-9H2,1-5H3,(H,14,15). The summed E-state index contributed by atoms with van der Waals surface area (Å²) in [4.78, 5) is 12.3. The lowest BCUT2D eigenvalue weighted by atomic mass is 10.2. The van der Waals surface area contributed by atoms with Gasteiger partial charge in [0.05, 0.1) is 25.9 Å². The van der Waals surface area contributed by atoms with Gasteiger partial charge in [-0.2, -0.15) is 0 Å². The van der Waals surface area contributed by atoms with Crippen molar-refractivity contribution in [3.63, 3.8) is 0 Å². The molecule has 1 N–H and O–H groups in total. The maximum atomic E-state index is 10.9. The molecule has 0 spiro atoms. The van der Waals surface area contributed by atoms with E-state index >= 15 is 0 Å². The van der Waals surface area contributed by atoms with E-state index in [1.54, 1.807) is 0 Å². The van der Waals surface area contributed by atoms with E-state index < -0.39 is 14.4 Å². The third-order valence-corrected chi connectivity index (χ3v) is 8.35. The molecule has 6 heteroatoms. The van der Waals surface area contributed by atoms with Crippen LogP contribution >= 0.6 is 0 Å². The number of nitrogens with zero attached hydrogens (tertiary/aromatic N) is 1. The molecule has 5 nitrogen and oxygen atoms in total. The van der Waals surface area contributed by atoms with Crippen molar-refractivity contribution in [2.75, 3.05) is 26.3 Å². The van der Waals surface area contributed by atoms with Crippen molar-refractivity contribution in [2.24, 2.45) is 0 Å². The second-order valence-corrected chi connectivity index (χ2v) is 11.1. The molecule has 0 aromatic heterocycles. The number of hydrogen-bond acceptors (Lipinski definition) is 3. The molecule has 0 saturated carbocycles. The van der Waals surface area contributed by atoms with Gasteiger partial charge in [-0.25, -0.2) is 4.79 Å². The Morgan fingerprint density at radius 2 is 2.11 bits per heavy atom. The van der Waals surface area contributed by atoms with Crippen LogP contribution in [-0.2, 0) is 9.16 Å². The molecule has 1 amide bonds. The molecule has 1 atom stereocenters. The lowest BCUT2D eigenvalue weighted by molar-refractivity contribution is -0.0434. The topological polar surface area (TPSA) is 59.0 Å². The smallest absolute Gasteiger partial charge is 0.407 e. The summed E-state index contributed by atoms with van der Waals surface area (Å²) in [5.74, 6) is 0. The van der Waals surface area contributed by atoms with Crippen LogP contribution in [0.15, 0.2) is 0 Å². The first-order chi connectivity index (χ1) is 8.13. The molecule has 1 fully saturated rings. The zero-order valence-electron chi connectivity index (χ0n) is 12.0. The number of hydrogen-bond donors (Lipinski definition) is 1. The van der Waals surface area contributed by atoms with E-state index in [2.05, 4.69) is 33.9 Å². The van der Waals surface area contributed by atoms with Gasteiger partial charge in [0.25, 0.3) is 0 Å². The van der Waals surface area contributed by atoms with Crippen LogP contribution in [0.3, 0.4) is 0 Å². The predicted octanol–water partition coefficient (Wildman–Crippen LogP) is 2.39. The Balaban J connectivity index is 2.46. The van der Waals surface area contributed by atoms with Gasteiger partial charge in [0, 0.05) is 6.54 Å². The first-order valence-corrected chi connectivity index (χ1v) is 9.28. The average molecular weight is 275 g/mol. The van der Waals surface area contributed by atoms with Gasteiger partial charge in [0.15, 0.2) is 8.32 Å². The number of ether oxygens (including phenoxy) is 1. The number of rotatable bonds is 3. The molecule has 1 rings (SSSR count). The zero-order chi connectivity index (χ0) is 14.0. The predicted molar refractivity (Wildman–Crippen MR) is 72.5 cm³/mol. The van der Waals surface area contributed by atoms with Crippen LogP contribution in [0.4, 0.5) is 4.79 Å². The van der Waals surface area contributed by atoms with Gasteiger partial charge in [0.1, 0.15) is 0 Å². The first-order valence-electron chi connectivity index (χ1n) is 6.37. The van der Waals surface area contributed by atoms with Crippen molar-refractivity contribution in [3.8, 4) is 0 Å². The summed E-state index contributed by atoms with van der Waals surface area (Å²) in [5, 5.41) is 9.11. The fourth-order valence-electron chi connectivity index (χ4n) is 1.51. The number of carboxylic acid groups (broad SMARTS) is 1. The summed E-state index contributed by atoms with van der Waals surface area (Å²) in [7, 11) is -1.78. The fourth-order valence-corrected chi connectivity index (χ4v) is 2.55. The van der Waals surface area contributed by atoms with Crippen LogP contribution in [0.25, 0.3) is 0 Å². The lowest BCUT2D eigenvalue weighted by Crippen LogP contribution is -2.49. The summed E-state index contributed by atoms with van der Waals surface area (Å²) in [6.07, 6.45) is -1.01. The summed E-state index contributed by atoms with van der Waals surface area (Å²) in [5.41, 5.74) is 0. The van der Waals surface area contributed by atoms with Crippen LogP contribution in [0, 0.1) is 0 Å². The van der Waals surface area contributed by atoms with Crippen molar-refractivity contribution in [3.05, 3.63) is 0 Å². The summed E-state index contributed by atoms with van der Waals surface area (Å²) in [6, 6.07) is 0. The quantitative estimate of drug-likeness (QED) is 0.803. The Labute approximate surface area is 110 Å². The molecular weight excluding hydrogens is 250 g/mol. The van der Waals surface area contributed by atoms with E-state index in [0.29, 0.717) is 26.3 Å². The van der Waals surface area contributed by atoms with Crippen LogP contribution in [0.1, 0.15) is 20.8 Å². The normalized spacial score (nSPS) is 22.1. The molecule has 18 heavy (non-hydrogen) atoms. The first kappa shape index (κ1) is 15.5. The Morgan fingerprint density at radius 3 is 2.61 bits per heavy atom. The number of carbonyl (C=O) groups is 1. The van der Waals surface area contributed by atoms with Crippen LogP contribution in [0.5, 0.6) is 0 Å². The molecule has 106 valence electrons. The summed E-state index contributed by atoms with van der Waals surface area (Å²) < 4.78 is 11.6. The highest BCUT2D eigenvalue weighted by Crippen LogP contribution is 2.36. The molecule has 1 aliphatic rings. The molecule has 1 unspecified atom stereocenters. The van der Waals surface area contributed by atoms with E-state index in [-0.39, 0.29) is 11.1 Å². The highest BCUT2D eigenvalue weighted by atomic mass is 28.4. The van der Waals surface area contributed by atoms with E-state index in [4.69, 9.17) is 14.3 Å². The molecule has 0 aromatic carbocycles. The third kappa shape index (κ3) is 3.96. The monoisotopic (exact) mass is 275 g/mol. The van der Waals surface area contributed by atoms with E-state index in [0.717, 1.165) is 0 Å². The van der Waals surface area contributed by atoms with Gasteiger partial charge >= 0.3 is 6.09 Å². The summed E-state index contributed by atoms with van der Waals surface area (Å²) >= 11 is 0. The molecular formula is C12H25NO4Si. The summed E-state index contributed by atoms with van der Waals surface area (Å²) in [6.45, 7) is 12.7. The molecule has 0 aromatic rings. The average Bonchev–Trinajstić information content (AvgIpc) is 2.25.